The van der Waals surface area contributed by atoms with Crippen molar-refractivity contribution in [2.24, 2.45) is 5.73 Å². The minimum Gasteiger partial charge on any atom is -0.335 e. The maximum absolute atomic E-state index is 11.7. The van der Waals surface area contributed by atoms with Gasteiger partial charge in [-0.1, -0.05) is 17.9 Å². The number of anilines is 1. The summed E-state index contributed by atoms with van der Waals surface area (Å²) in [5, 5.41) is 5.73. The summed E-state index contributed by atoms with van der Waals surface area (Å²) in [6.45, 7) is 0.333. The summed E-state index contributed by atoms with van der Waals surface area (Å²) in [7, 11) is 0. The van der Waals surface area contributed by atoms with Crippen LogP contribution in [0.4, 0.5) is 10.5 Å². The highest BCUT2D eigenvalue weighted by molar-refractivity contribution is 5.89. The summed E-state index contributed by atoms with van der Waals surface area (Å²) >= 11 is 0. The van der Waals surface area contributed by atoms with Crippen LogP contribution in [0.3, 0.4) is 0 Å². The molecule has 1 aliphatic rings. The van der Waals surface area contributed by atoms with Gasteiger partial charge < -0.3 is 16.4 Å². The Morgan fingerprint density at radius 1 is 1.44 bits per heavy atom. The zero-order chi connectivity index (χ0) is 12.8. The zero-order valence-corrected chi connectivity index (χ0v) is 10.2. The van der Waals surface area contributed by atoms with Crippen molar-refractivity contribution in [3.8, 4) is 11.8 Å². The van der Waals surface area contributed by atoms with E-state index in [9.17, 15) is 4.79 Å². The van der Waals surface area contributed by atoms with E-state index in [0.29, 0.717) is 12.6 Å². The summed E-state index contributed by atoms with van der Waals surface area (Å²) in [5.74, 6) is 5.72. The summed E-state index contributed by atoms with van der Waals surface area (Å²) in [5.41, 5.74) is 6.91. The highest BCUT2D eigenvalue weighted by Crippen LogP contribution is 2.18. The summed E-state index contributed by atoms with van der Waals surface area (Å²) in [6.07, 6.45) is 3.36. The van der Waals surface area contributed by atoms with Crippen LogP contribution in [0.5, 0.6) is 0 Å². The molecule has 1 aliphatic carbocycles. The second-order valence-corrected chi connectivity index (χ2v) is 4.31. The Bertz CT molecular complexity index is 483. The molecular weight excluding hydrogens is 226 g/mol. The molecule has 0 heterocycles. The molecule has 2 rings (SSSR count). The minimum atomic E-state index is -0.149. The van der Waals surface area contributed by atoms with Crippen LogP contribution in [0.25, 0.3) is 0 Å². The lowest BCUT2D eigenvalue weighted by Crippen LogP contribution is -2.41. The number of carbonyl (C=O) groups excluding carboxylic acids is 1. The van der Waals surface area contributed by atoms with Gasteiger partial charge in [-0.15, -0.1) is 0 Å². The van der Waals surface area contributed by atoms with Crippen LogP contribution in [0.15, 0.2) is 24.3 Å². The lowest BCUT2D eigenvalue weighted by Gasteiger charge is -2.26. The van der Waals surface area contributed by atoms with Crippen LogP contribution in [0.1, 0.15) is 24.8 Å². The smallest absolute Gasteiger partial charge is 0.319 e. The van der Waals surface area contributed by atoms with Gasteiger partial charge in [0.1, 0.15) is 0 Å². The molecule has 1 aromatic carbocycles. The SMILES string of the molecule is NCC#Cc1cccc(NC(=O)NC2CCC2)c1. The summed E-state index contributed by atoms with van der Waals surface area (Å²) < 4.78 is 0. The molecule has 4 heteroatoms. The Morgan fingerprint density at radius 3 is 2.94 bits per heavy atom. The van der Waals surface area contributed by atoms with Gasteiger partial charge in [0, 0.05) is 17.3 Å². The number of carbonyl (C=O) groups is 1. The number of nitrogens with one attached hydrogen (secondary N) is 2. The monoisotopic (exact) mass is 243 g/mol. The molecule has 0 radical (unpaired) electrons. The number of hydrogen-bond donors (Lipinski definition) is 3. The molecule has 94 valence electrons. The van der Waals surface area contributed by atoms with Crippen molar-refractivity contribution in [1.29, 1.82) is 0 Å². The van der Waals surface area contributed by atoms with Gasteiger partial charge in [-0.2, -0.15) is 0 Å². The fourth-order valence-corrected chi connectivity index (χ4v) is 1.73. The molecule has 4 nitrogen and oxygen atoms in total. The fourth-order valence-electron chi connectivity index (χ4n) is 1.73. The Hall–Kier alpha value is -1.99. The first-order valence-corrected chi connectivity index (χ1v) is 6.14. The fraction of sp³-hybridized carbons (Fsp3) is 0.357. The molecule has 18 heavy (non-hydrogen) atoms. The average molecular weight is 243 g/mol. The zero-order valence-electron chi connectivity index (χ0n) is 10.2. The first kappa shape index (κ1) is 12.5. The van der Waals surface area contributed by atoms with Crippen molar-refractivity contribution < 1.29 is 4.79 Å². The van der Waals surface area contributed by atoms with Crippen LogP contribution in [-0.2, 0) is 0 Å². The van der Waals surface area contributed by atoms with Gasteiger partial charge in [0.25, 0.3) is 0 Å². The van der Waals surface area contributed by atoms with E-state index in [-0.39, 0.29) is 6.03 Å². The molecular formula is C14H17N3O. The molecule has 2 amide bonds. The second-order valence-electron chi connectivity index (χ2n) is 4.31. The highest BCUT2D eigenvalue weighted by atomic mass is 16.2. The van der Waals surface area contributed by atoms with Gasteiger partial charge in [0.2, 0.25) is 0 Å². The number of urea groups is 1. The normalized spacial score (nSPS) is 14.1. The van der Waals surface area contributed by atoms with Crippen molar-refractivity contribution in [2.45, 2.75) is 25.3 Å². The Balaban J connectivity index is 1.93. The third kappa shape index (κ3) is 3.51. The minimum absolute atomic E-state index is 0.149. The van der Waals surface area contributed by atoms with E-state index in [0.717, 1.165) is 24.1 Å². The number of hydrogen-bond acceptors (Lipinski definition) is 2. The van der Waals surface area contributed by atoms with Gasteiger partial charge in [0.05, 0.1) is 6.54 Å². The van der Waals surface area contributed by atoms with Crippen LogP contribution in [0, 0.1) is 11.8 Å². The van der Waals surface area contributed by atoms with E-state index in [1.807, 2.05) is 24.3 Å². The van der Waals surface area contributed by atoms with Gasteiger partial charge in [0.15, 0.2) is 0 Å². The van der Waals surface area contributed by atoms with Gasteiger partial charge >= 0.3 is 6.03 Å². The largest absolute Gasteiger partial charge is 0.335 e. The van der Waals surface area contributed by atoms with E-state index in [2.05, 4.69) is 22.5 Å². The van der Waals surface area contributed by atoms with Crippen molar-refractivity contribution in [3.05, 3.63) is 29.8 Å². The van der Waals surface area contributed by atoms with Gasteiger partial charge in [-0.05, 0) is 37.5 Å². The first-order valence-electron chi connectivity index (χ1n) is 6.14. The van der Waals surface area contributed by atoms with E-state index < -0.39 is 0 Å². The predicted molar refractivity (Wildman–Crippen MR) is 72.2 cm³/mol. The summed E-state index contributed by atoms with van der Waals surface area (Å²) in [6, 6.07) is 7.61. The van der Waals surface area contributed by atoms with Crippen molar-refractivity contribution >= 4 is 11.7 Å². The first-order chi connectivity index (χ1) is 8.78. The van der Waals surface area contributed by atoms with E-state index >= 15 is 0 Å². The topological polar surface area (TPSA) is 67.1 Å². The molecule has 0 unspecified atom stereocenters. The predicted octanol–water partition coefficient (Wildman–Crippen LogP) is 1.67. The molecule has 0 atom stereocenters. The second kappa shape index (κ2) is 6.08. The Kier molecular flexibility index (Phi) is 4.21. The number of rotatable bonds is 2. The van der Waals surface area contributed by atoms with Crippen LogP contribution in [0.2, 0.25) is 0 Å². The van der Waals surface area contributed by atoms with Crippen LogP contribution >= 0.6 is 0 Å². The van der Waals surface area contributed by atoms with E-state index in [1.54, 1.807) is 0 Å². The summed E-state index contributed by atoms with van der Waals surface area (Å²) in [4.78, 5) is 11.7. The van der Waals surface area contributed by atoms with Crippen molar-refractivity contribution in [2.75, 3.05) is 11.9 Å². The molecule has 0 aromatic heterocycles. The molecule has 1 saturated carbocycles. The molecule has 0 saturated heterocycles. The standard InChI is InChI=1S/C14H17N3O/c15-9-3-5-11-4-1-8-13(10-11)17-14(18)16-12-6-2-7-12/h1,4,8,10,12H,2,6-7,9,15H2,(H2,16,17,18). The highest BCUT2D eigenvalue weighted by Gasteiger charge is 2.19. The molecule has 4 N–H and O–H groups in total. The molecule has 1 fully saturated rings. The third-order valence-corrected chi connectivity index (χ3v) is 2.90. The Labute approximate surface area is 107 Å². The van der Waals surface area contributed by atoms with Gasteiger partial charge in [-0.3, -0.25) is 0 Å². The number of nitrogens with two attached hydrogens (primary N) is 1. The third-order valence-electron chi connectivity index (χ3n) is 2.90. The van der Waals surface area contributed by atoms with Crippen molar-refractivity contribution in [1.82, 2.24) is 5.32 Å². The number of benzene rings is 1. The van der Waals surface area contributed by atoms with Gasteiger partial charge in [-0.25, -0.2) is 4.79 Å². The molecule has 0 spiro atoms. The lowest BCUT2D eigenvalue weighted by atomic mass is 9.93. The molecule has 0 bridgehead atoms. The van der Waals surface area contributed by atoms with Crippen molar-refractivity contribution in [3.63, 3.8) is 0 Å². The molecule has 1 aromatic rings. The average Bonchev–Trinajstić information content (AvgIpc) is 2.32. The lowest BCUT2D eigenvalue weighted by molar-refractivity contribution is 0.240. The Morgan fingerprint density at radius 2 is 2.28 bits per heavy atom. The molecule has 0 aliphatic heterocycles. The quantitative estimate of drug-likeness (QED) is 0.692. The van der Waals surface area contributed by atoms with E-state index in [4.69, 9.17) is 5.73 Å². The van der Waals surface area contributed by atoms with Crippen LogP contribution < -0.4 is 16.4 Å². The maximum Gasteiger partial charge on any atom is 0.319 e. The maximum atomic E-state index is 11.7. The number of amides is 2. The van der Waals surface area contributed by atoms with E-state index in [1.165, 1.54) is 6.42 Å². The van der Waals surface area contributed by atoms with Crippen LogP contribution in [-0.4, -0.2) is 18.6 Å².